The van der Waals surface area contributed by atoms with Crippen molar-refractivity contribution in [2.75, 3.05) is 25.4 Å². The van der Waals surface area contributed by atoms with Crippen LogP contribution in [0.1, 0.15) is 36.5 Å². The zero-order valence-corrected chi connectivity index (χ0v) is 12.6. The summed E-state index contributed by atoms with van der Waals surface area (Å²) < 4.78 is 0. The van der Waals surface area contributed by atoms with Crippen molar-refractivity contribution in [1.82, 2.24) is 10.2 Å². The highest BCUT2D eigenvalue weighted by molar-refractivity contribution is 6.36. The Balaban J connectivity index is 1.91. The second-order valence-corrected chi connectivity index (χ2v) is 5.82. The van der Waals surface area contributed by atoms with E-state index in [0.717, 1.165) is 19.6 Å². The molecule has 0 bridgehead atoms. The molecule has 2 rings (SSSR count). The molecule has 1 amide bonds. The predicted molar refractivity (Wildman–Crippen MR) is 83.1 cm³/mol. The van der Waals surface area contributed by atoms with Gasteiger partial charge in [-0.1, -0.05) is 24.1 Å². The van der Waals surface area contributed by atoms with Crippen molar-refractivity contribution >= 4 is 23.2 Å². The van der Waals surface area contributed by atoms with Crippen LogP contribution < -0.4 is 11.1 Å². The molecule has 0 spiro atoms. The first-order valence-electron chi connectivity index (χ1n) is 7.15. The highest BCUT2D eigenvalue weighted by atomic mass is 35.5. The van der Waals surface area contributed by atoms with Crippen LogP contribution in [0.15, 0.2) is 18.2 Å². The minimum Gasteiger partial charge on any atom is -0.398 e. The first-order valence-corrected chi connectivity index (χ1v) is 7.53. The Morgan fingerprint density at radius 2 is 2.10 bits per heavy atom. The maximum Gasteiger partial charge on any atom is 0.253 e. The molecule has 1 fully saturated rings. The molecule has 1 aromatic rings. The summed E-state index contributed by atoms with van der Waals surface area (Å²) in [5.41, 5.74) is 6.59. The fraction of sp³-hybridized carbons (Fsp3) is 0.533. The van der Waals surface area contributed by atoms with Gasteiger partial charge in [-0.2, -0.15) is 0 Å². The van der Waals surface area contributed by atoms with Gasteiger partial charge < -0.3 is 16.0 Å². The molecule has 20 heavy (non-hydrogen) atoms. The molecule has 0 aromatic heterocycles. The topological polar surface area (TPSA) is 58.4 Å². The van der Waals surface area contributed by atoms with Crippen LogP contribution in [0.25, 0.3) is 0 Å². The molecule has 1 unspecified atom stereocenters. The van der Waals surface area contributed by atoms with Gasteiger partial charge in [0.25, 0.3) is 5.91 Å². The van der Waals surface area contributed by atoms with Crippen molar-refractivity contribution in [3.63, 3.8) is 0 Å². The number of nitrogen functional groups attached to an aromatic ring is 1. The lowest BCUT2D eigenvalue weighted by atomic mass is 10.1. The molecule has 1 atom stereocenters. The molecule has 0 aliphatic carbocycles. The Labute approximate surface area is 125 Å². The highest BCUT2D eigenvalue weighted by Crippen LogP contribution is 2.22. The van der Waals surface area contributed by atoms with E-state index in [2.05, 4.69) is 10.2 Å². The van der Waals surface area contributed by atoms with E-state index in [1.54, 1.807) is 18.2 Å². The molecule has 4 nitrogen and oxygen atoms in total. The molecule has 1 saturated heterocycles. The van der Waals surface area contributed by atoms with Crippen molar-refractivity contribution in [3.8, 4) is 0 Å². The van der Waals surface area contributed by atoms with Gasteiger partial charge in [-0.3, -0.25) is 4.79 Å². The standard InChI is InChI=1S/C15H22ClN3O/c1-11(10-19-8-3-2-4-9-19)18-15(20)12-6-5-7-13(17)14(12)16/h5-7,11H,2-4,8-10,17H2,1H3,(H,18,20). The van der Waals surface area contributed by atoms with Crippen molar-refractivity contribution in [1.29, 1.82) is 0 Å². The van der Waals surface area contributed by atoms with Gasteiger partial charge in [-0.05, 0) is 45.0 Å². The van der Waals surface area contributed by atoms with Crippen LogP contribution in [0.2, 0.25) is 5.02 Å². The summed E-state index contributed by atoms with van der Waals surface area (Å²) in [5, 5.41) is 3.32. The summed E-state index contributed by atoms with van der Waals surface area (Å²) in [6, 6.07) is 5.22. The van der Waals surface area contributed by atoms with Gasteiger partial charge in [0.05, 0.1) is 16.3 Å². The lowest BCUT2D eigenvalue weighted by molar-refractivity contribution is 0.0926. The summed E-state index contributed by atoms with van der Waals surface area (Å²) in [4.78, 5) is 14.6. The monoisotopic (exact) mass is 295 g/mol. The lowest BCUT2D eigenvalue weighted by Gasteiger charge is -2.29. The van der Waals surface area contributed by atoms with E-state index >= 15 is 0 Å². The average Bonchev–Trinajstić information content (AvgIpc) is 2.42. The molecule has 0 saturated carbocycles. The number of benzene rings is 1. The molecular weight excluding hydrogens is 274 g/mol. The number of piperidine rings is 1. The molecule has 1 aliphatic rings. The number of halogens is 1. The van der Waals surface area contributed by atoms with Crippen LogP contribution in [0, 0.1) is 0 Å². The maximum absolute atomic E-state index is 12.2. The smallest absolute Gasteiger partial charge is 0.253 e. The van der Waals surface area contributed by atoms with E-state index in [-0.39, 0.29) is 11.9 Å². The summed E-state index contributed by atoms with van der Waals surface area (Å²) >= 11 is 6.07. The molecule has 0 radical (unpaired) electrons. The summed E-state index contributed by atoms with van der Waals surface area (Å²) in [6.07, 6.45) is 3.82. The van der Waals surface area contributed by atoms with Gasteiger partial charge in [0.1, 0.15) is 0 Å². The molecule has 3 N–H and O–H groups in total. The Bertz CT molecular complexity index is 472. The van der Waals surface area contributed by atoms with Gasteiger partial charge >= 0.3 is 0 Å². The predicted octanol–water partition coefficient (Wildman–Crippen LogP) is 2.53. The van der Waals surface area contributed by atoms with Gasteiger partial charge in [0.15, 0.2) is 0 Å². The van der Waals surface area contributed by atoms with E-state index in [9.17, 15) is 4.79 Å². The third-order valence-electron chi connectivity index (χ3n) is 3.63. The van der Waals surface area contributed by atoms with Gasteiger partial charge in [-0.25, -0.2) is 0 Å². The third-order valence-corrected chi connectivity index (χ3v) is 4.05. The van der Waals surface area contributed by atoms with Crippen LogP contribution in [-0.4, -0.2) is 36.5 Å². The fourth-order valence-electron chi connectivity index (χ4n) is 2.60. The highest BCUT2D eigenvalue weighted by Gasteiger charge is 2.17. The number of likely N-dealkylation sites (tertiary alicyclic amines) is 1. The summed E-state index contributed by atoms with van der Waals surface area (Å²) in [5.74, 6) is -0.160. The number of hydrogen-bond donors (Lipinski definition) is 2. The van der Waals surface area contributed by atoms with E-state index < -0.39 is 0 Å². The van der Waals surface area contributed by atoms with Crippen molar-refractivity contribution in [2.24, 2.45) is 0 Å². The Hall–Kier alpha value is -1.26. The number of carbonyl (C=O) groups is 1. The second-order valence-electron chi connectivity index (χ2n) is 5.44. The quantitative estimate of drug-likeness (QED) is 0.839. The zero-order valence-electron chi connectivity index (χ0n) is 11.9. The molecule has 1 heterocycles. The number of nitrogens with two attached hydrogens (primary N) is 1. The van der Waals surface area contributed by atoms with E-state index in [1.807, 2.05) is 6.92 Å². The first-order chi connectivity index (χ1) is 9.58. The number of nitrogens with zero attached hydrogens (tertiary/aromatic N) is 1. The number of hydrogen-bond acceptors (Lipinski definition) is 3. The van der Waals surface area contributed by atoms with Gasteiger partial charge in [-0.15, -0.1) is 0 Å². The molecule has 110 valence electrons. The normalized spacial score (nSPS) is 17.7. The SMILES string of the molecule is CC(CN1CCCCC1)NC(=O)c1cccc(N)c1Cl. The van der Waals surface area contributed by atoms with E-state index in [4.69, 9.17) is 17.3 Å². The number of rotatable bonds is 4. The molecular formula is C15H22ClN3O. The number of anilines is 1. The van der Waals surface area contributed by atoms with E-state index in [0.29, 0.717) is 16.3 Å². The Morgan fingerprint density at radius 3 is 2.80 bits per heavy atom. The summed E-state index contributed by atoms with van der Waals surface area (Å²) in [7, 11) is 0. The Kier molecular flexibility index (Phi) is 5.26. The maximum atomic E-state index is 12.2. The van der Waals surface area contributed by atoms with Crippen LogP contribution in [0.4, 0.5) is 5.69 Å². The summed E-state index contributed by atoms with van der Waals surface area (Å²) in [6.45, 7) is 5.15. The minimum atomic E-state index is -0.160. The lowest BCUT2D eigenvalue weighted by Crippen LogP contribution is -2.43. The number of nitrogens with one attached hydrogen (secondary N) is 1. The van der Waals surface area contributed by atoms with Crippen LogP contribution in [0.5, 0.6) is 0 Å². The number of carbonyl (C=O) groups excluding carboxylic acids is 1. The van der Waals surface area contributed by atoms with Crippen molar-refractivity contribution in [3.05, 3.63) is 28.8 Å². The number of amides is 1. The molecule has 1 aliphatic heterocycles. The third kappa shape index (κ3) is 3.87. The minimum absolute atomic E-state index is 0.0955. The first kappa shape index (κ1) is 15.1. The average molecular weight is 296 g/mol. The van der Waals surface area contributed by atoms with E-state index in [1.165, 1.54) is 19.3 Å². The fourth-order valence-corrected chi connectivity index (χ4v) is 2.81. The second kappa shape index (κ2) is 6.95. The van der Waals surface area contributed by atoms with Crippen LogP contribution in [0.3, 0.4) is 0 Å². The van der Waals surface area contributed by atoms with Crippen LogP contribution >= 0.6 is 11.6 Å². The zero-order chi connectivity index (χ0) is 14.5. The van der Waals surface area contributed by atoms with Gasteiger partial charge in [0, 0.05) is 12.6 Å². The van der Waals surface area contributed by atoms with Crippen molar-refractivity contribution < 1.29 is 4.79 Å². The van der Waals surface area contributed by atoms with Crippen LogP contribution in [-0.2, 0) is 0 Å². The molecule has 1 aromatic carbocycles. The van der Waals surface area contributed by atoms with Gasteiger partial charge in [0.2, 0.25) is 0 Å². The molecule has 5 heteroatoms. The Morgan fingerprint density at radius 1 is 1.40 bits per heavy atom. The largest absolute Gasteiger partial charge is 0.398 e. The van der Waals surface area contributed by atoms with Crippen molar-refractivity contribution in [2.45, 2.75) is 32.2 Å².